The Morgan fingerprint density at radius 2 is 1.41 bits per heavy atom. The molecule has 0 aromatic heterocycles. The molecule has 5 heteroatoms. The zero-order valence-corrected chi connectivity index (χ0v) is 23.1. The van der Waals surface area contributed by atoms with Crippen molar-refractivity contribution in [2.45, 2.75) is 65.0 Å². The van der Waals surface area contributed by atoms with Crippen LogP contribution in [0.5, 0.6) is 28.7 Å². The van der Waals surface area contributed by atoms with Crippen molar-refractivity contribution in [2.75, 3.05) is 27.4 Å². The van der Waals surface area contributed by atoms with Crippen LogP contribution in [-0.2, 0) is 12.8 Å². The summed E-state index contributed by atoms with van der Waals surface area (Å²) in [5.74, 6) is 4.68. The van der Waals surface area contributed by atoms with Crippen LogP contribution in [0.1, 0.15) is 56.7 Å². The Bertz CT molecular complexity index is 1130. The highest BCUT2D eigenvalue weighted by molar-refractivity contribution is 5.51. The number of fused-ring (bicyclic) bond motifs is 1. The van der Waals surface area contributed by atoms with Gasteiger partial charge in [0.05, 0.1) is 14.2 Å². The number of rotatable bonds is 11. The maximum atomic E-state index is 6.44. The maximum absolute atomic E-state index is 6.44. The summed E-state index contributed by atoms with van der Waals surface area (Å²) in [7, 11) is 3.41. The van der Waals surface area contributed by atoms with E-state index in [-0.39, 0.29) is 0 Å². The van der Waals surface area contributed by atoms with Crippen molar-refractivity contribution in [3.05, 3.63) is 77.4 Å². The van der Waals surface area contributed by atoms with E-state index in [9.17, 15) is 0 Å². The molecule has 198 valence electrons. The Labute approximate surface area is 222 Å². The van der Waals surface area contributed by atoms with Gasteiger partial charge in [0.15, 0.2) is 0 Å². The number of nitrogens with zero attached hydrogens (tertiary/aromatic N) is 1. The molecule has 3 aromatic carbocycles. The molecule has 0 N–H and O–H groups in total. The van der Waals surface area contributed by atoms with Gasteiger partial charge < -0.3 is 18.9 Å². The summed E-state index contributed by atoms with van der Waals surface area (Å²) in [5.41, 5.74) is 3.90. The first kappa shape index (κ1) is 26.9. The number of ether oxygens (including phenoxy) is 4. The van der Waals surface area contributed by atoms with Crippen LogP contribution in [0.15, 0.2) is 60.7 Å². The molecule has 4 rings (SSSR count). The molecule has 1 unspecified atom stereocenters. The van der Waals surface area contributed by atoms with Crippen LogP contribution in [0.3, 0.4) is 0 Å². The van der Waals surface area contributed by atoms with E-state index in [1.807, 2.05) is 42.5 Å². The molecule has 0 aliphatic heterocycles. The molecule has 1 aliphatic rings. The minimum absolute atomic E-state index is 0.446. The Kier molecular flexibility index (Phi) is 8.99. The molecule has 0 heterocycles. The van der Waals surface area contributed by atoms with Gasteiger partial charge in [-0.2, -0.15) is 0 Å². The van der Waals surface area contributed by atoms with Crippen LogP contribution in [0.25, 0.3) is 0 Å². The monoisotopic (exact) mass is 503 g/mol. The quantitative estimate of drug-likeness (QED) is 0.275. The molecule has 37 heavy (non-hydrogen) atoms. The van der Waals surface area contributed by atoms with Gasteiger partial charge in [-0.3, -0.25) is 4.90 Å². The molecule has 3 aromatic rings. The average molecular weight is 504 g/mol. The number of hydrogen-bond donors (Lipinski definition) is 0. The third-order valence-corrected chi connectivity index (χ3v) is 7.31. The van der Waals surface area contributed by atoms with Crippen molar-refractivity contribution < 1.29 is 18.9 Å². The van der Waals surface area contributed by atoms with E-state index in [0.29, 0.717) is 24.6 Å². The minimum Gasteiger partial charge on any atom is -0.497 e. The number of hydrogen-bond acceptors (Lipinski definition) is 5. The van der Waals surface area contributed by atoms with Gasteiger partial charge in [0.2, 0.25) is 0 Å². The number of aryl methyl sites for hydroxylation is 1. The summed E-state index contributed by atoms with van der Waals surface area (Å²) in [6.07, 6.45) is 3.03. The number of methoxy groups -OCH3 is 2. The lowest BCUT2D eigenvalue weighted by molar-refractivity contribution is 0.142. The van der Waals surface area contributed by atoms with Crippen molar-refractivity contribution in [3.8, 4) is 28.7 Å². The molecule has 0 saturated carbocycles. The summed E-state index contributed by atoms with van der Waals surface area (Å²) >= 11 is 0. The van der Waals surface area contributed by atoms with Crippen molar-refractivity contribution in [1.29, 1.82) is 0 Å². The van der Waals surface area contributed by atoms with Crippen molar-refractivity contribution >= 4 is 0 Å². The first-order valence-electron chi connectivity index (χ1n) is 13.4. The van der Waals surface area contributed by atoms with E-state index >= 15 is 0 Å². The fourth-order valence-corrected chi connectivity index (χ4v) is 5.29. The van der Waals surface area contributed by atoms with Crippen LogP contribution in [0, 0.1) is 0 Å². The lowest BCUT2D eigenvalue weighted by Gasteiger charge is -2.30. The van der Waals surface area contributed by atoms with E-state index in [2.05, 4.69) is 50.8 Å². The Hall–Kier alpha value is -3.18. The number of benzene rings is 3. The highest BCUT2D eigenvalue weighted by Gasteiger charge is 2.25. The van der Waals surface area contributed by atoms with E-state index < -0.39 is 0 Å². The van der Waals surface area contributed by atoms with Gasteiger partial charge in [-0.15, -0.1) is 0 Å². The van der Waals surface area contributed by atoms with E-state index in [1.54, 1.807) is 14.2 Å². The zero-order valence-electron chi connectivity index (χ0n) is 23.1. The first-order chi connectivity index (χ1) is 17.9. The van der Waals surface area contributed by atoms with Crippen LogP contribution in [0.2, 0.25) is 0 Å². The Morgan fingerprint density at radius 3 is 2.03 bits per heavy atom. The zero-order chi connectivity index (χ0) is 26.4. The van der Waals surface area contributed by atoms with Gasteiger partial charge in [-0.25, -0.2) is 0 Å². The molecule has 1 aliphatic carbocycles. The molecule has 0 spiro atoms. The van der Waals surface area contributed by atoms with Crippen LogP contribution in [0.4, 0.5) is 0 Å². The molecule has 1 atom stereocenters. The lowest BCUT2D eigenvalue weighted by Crippen LogP contribution is -2.39. The second-order valence-electron chi connectivity index (χ2n) is 10.3. The standard InChI is InChI=1S/C32H41NO4/c1-22(2)33(23(3)4)17-18-36-28-13-15-29(16-14-28)37-32-21-30(35-6)19-26-8-7-25(20-31(26)32)24-9-11-27(34-5)12-10-24/h9-16,19,21-23,25H,7-8,17-18,20H2,1-6H3. The smallest absolute Gasteiger partial charge is 0.134 e. The Balaban J connectivity index is 1.46. The van der Waals surface area contributed by atoms with Crippen molar-refractivity contribution in [1.82, 2.24) is 4.90 Å². The van der Waals surface area contributed by atoms with Gasteiger partial charge in [-0.05, 0) is 112 Å². The third kappa shape index (κ3) is 6.78. The summed E-state index contributed by atoms with van der Waals surface area (Å²) in [6.45, 7) is 10.5. The highest BCUT2D eigenvalue weighted by Crippen LogP contribution is 2.41. The topological polar surface area (TPSA) is 40.2 Å². The largest absolute Gasteiger partial charge is 0.497 e. The molecule has 0 saturated heterocycles. The first-order valence-corrected chi connectivity index (χ1v) is 13.4. The fourth-order valence-electron chi connectivity index (χ4n) is 5.29. The molecule has 0 radical (unpaired) electrons. The lowest BCUT2D eigenvalue weighted by atomic mass is 9.79. The van der Waals surface area contributed by atoms with Crippen LogP contribution >= 0.6 is 0 Å². The summed E-state index contributed by atoms with van der Waals surface area (Å²) < 4.78 is 23.4. The van der Waals surface area contributed by atoms with Crippen LogP contribution in [-0.4, -0.2) is 44.4 Å². The predicted molar refractivity (Wildman–Crippen MR) is 150 cm³/mol. The normalized spacial score (nSPS) is 15.1. The van der Waals surface area contributed by atoms with Crippen LogP contribution < -0.4 is 18.9 Å². The van der Waals surface area contributed by atoms with Crippen molar-refractivity contribution in [2.24, 2.45) is 0 Å². The molecular formula is C32H41NO4. The molecule has 0 amide bonds. The van der Waals surface area contributed by atoms with Gasteiger partial charge in [-0.1, -0.05) is 12.1 Å². The summed E-state index contributed by atoms with van der Waals surface area (Å²) in [4.78, 5) is 2.43. The summed E-state index contributed by atoms with van der Waals surface area (Å²) in [5, 5.41) is 0. The van der Waals surface area contributed by atoms with Gasteiger partial charge >= 0.3 is 0 Å². The van der Waals surface area contributed by atoms with Crippen molar-refractivity contribution in [3.63, 3.8) is 0 Å². The van der Waals surface area contributed by atoms with E-state index in [0.717, 1.165) is 54.6 Å². The maximum Gasteiger partial charge on any atom is 0.134 e. The van der Waals surface area contributed by atoms with Gasteiger partial charge in [0, 0.05) is 24.7 Å². The highest BCUT2D eigenvalue weighted by atomic mass is 16.5. The fraction of sp³-hybridized carbons (Fsp3) is 0.438. The van der Waals surface area contributed by atoms with Gasteiger partial charge in [0.1, 0.15) is 35.4 Å². The van der Waals surface area contributed by atoms with E-state index in [1.165, 1.54) is 16.7 Å². The average Bonchev–Trinajstić information content (AvgIpc) is 2.91. The second-order valence-corrected chi connectivity index (χ2v) is 10.3. The predicted octanol–water partition coefficient (Wildman–Crippen LogP) is 7.27. The SMILES string of the molecule is COc1ccc(C2CCc3cc(OC)cc(Oc4ccc(OCCN(C(C)C)C(C)C)cc4)c3C2)cc1. The minimum atomic E-state index is 0.446. The second kappa shape index (κ2) is 12.4. The molecule has 0 fully saturated rings. The Morgan fingerprint density at radius 1 is 0.784 bits per heavy atom. The van der Waals surface area contributed by atoms with Gasteiger partial charge in [0.25, 0.3) is 0 Å². The molecule has 5 nitrogen and oxygen atoms in total. The summed E-state index contributed by atoms with van der Waals surface area (Å²) in [6, 6.07) is 21.5. The third-order valence-electron chi connectivity index (χ3n) is 7.31. The van der Waals surface area contributed by atoms with E-state index in [4.69, 9.17) is 18.9 Å². The molecule has 0 bridgehead atoms. The molecular weight excluding hydrogens is 462 g/mol.